The van der Waals surface area contributed by atoms with Gasteiger partial charge in [-0.2, -0.15) is 0 Å². The molecule has 0 fully saturated rings. The number of carbonyl (C=O) groups excluding carboxylic acids is 2. The van der Waals surface area contributed by atoms with Crippen molar-refractivity contribution >= 4 is 17.6 Å². The number of esters is 1. The average Bonchev–Trinajstić information content (AvgIpc) is 2.88. The molecule has 2 aromatic rings. The molecular formula is C19H22N2O5. The van der Waals surface area contributed by atoms with Crippen molar-refractivity contribution in [3.05, 3.63) is 40.7 Å². The van der Waals surface area contributed by atoms with Crippen LogP contribution >= 0.6 is 0 Å². The second-order valence-electron chi connectivity index (χ2n) is 6.39. The molecule has 7 nitrogen and oxygen atoms in total. The molecule has 2 N–H and O–H groups in total. The molecule has 1 aromatic heterocycles. The number of amides is 1. The second kappa shape index (κ2) is 7.11. The van der Waals surface area contributed by atoms with Crippen molar-refractivity contribution in [1.29, 1.82) is 0 Å². The van der Waals surface area contributed by atoms with Gasteiger partial charge in [0, 0.05) is 17.4 Å². The van der Waals surface area contributed by atoms with Gasteiger partial charge in [-0.1, -0.05) is 0 Å². The number of hydrogen-bond acceptors (Lipinski definition) is 5. The van der Waals surface area contributed by atoms with Crippen LogP contribution in [0.1, 0.15) is 46.0 Å². The fraction of sp³-hybridized carbons (Fsp3) is 0.368. The third-order valence-electron chi connectivity index (χ3n) is 4.01. The molecule has 0 radical (unpaired) electrons. The molecule has 0 saturated heterocycles. The average molecular weight is 358 g/mol. The minimum atomic E-state index is -0.440. The Morgan fingerprint density at radius 1 is 1.15 bits per heavy atom. The predicted molar refractivity (Wildman–Crippen MR) is 96.2 cm³/mol. The monoisotopic (exact) mass is 358 g/mol. The normalized spacial score (nSPS) is 12.8. The molecule has 0 bridgehead atoms. The van der Waals surface area contributed by atoms with Crippen molar-refractivity contribution in [1.82, 2.24) is 4.98 Å². The maximum absolute atomic E-state index is 12.6. The summed E-state index contributed by atoms with van der Waals surface area (Å²) in [5, 5.41) is 2.81. The van der Waals surface area contributed by atoms with E-state index in [1.54, 1.807) is 45.9 Å². The molecule has 0 aliphatic carbocycles. The Balaban J connectivity index is 1.81. The van der Waals surface area contributed by atoms with E-state index in [1.165, 1.54) is 0 Å². The van der Waals surface area contributed by atoms with Gasteiger partial charge >= 0.3 is 5.97 Å². The Kier molecular flexibility index (Phi) is 4.88. The molecule has 0 unspecified atom stereocenters. The lowest BCUT2D eigenvalue weighted by Gasteiger charge is -2.19. The molecule has 1 aromatic carbocycles. The minimum absolute atomic E-state index is 0.230. The first-order valence-electron chi connectivity index (χ1n) is 8.48. The van der Waals surface area contributed by atoms with Gasteiger partial charge in [0.15, 0.2) is 11.5 Å². The highest BCUT2D eigenvalue weighted by Crippen LogP contribution is 2.33. The van der Waals surface area contributed by atoms with E-state index in [-0.39, 0.29) is 12.0 Å². The molecular weight excluding hydrogens is 336 g/mol. The van der Waals surface area contributed by atoms with Crippen molar-refractivity contribution in [2.75, 3.05) is 18.5 Å². The van der Waals surface area contributed by atoms with Gasteiger partial charge in [0.1, 0.15) is 18.9 Å². The molecule has 2 heterocycles. The third-order valence-corrected chi connectivity index (χ3v) is 4.01. The summed E-state index contributed by atoms with van der Waals surface area (Å²) in [6.45, 7) is 8.01. The number of fused-ring (bicyclic) bond motifs is 1. The number of anilines is 1. The van der Waals surface area contributed by atoms with Gasteiger partial charge in [0.2, 0.25) is 0 Å². The lowest BCUT2D eigenvalue weighted by atomic mass is 10.1. The van der Waals surface area contributed by atoms with Gasteiger partial charge in [0.05, 0.1) is 11.7 Å². The smallest absolute Gasteiger partial charge is 0.340 e. The number of hydrogen-bond donors (Lipinski definition) is 2. The largest absolute Gasteiger partial charge is 0.486 e. The van der Waals surface area contributed by atoms with Crippen molar-refractivity contribution in [2.24, 2.45) is 0 Å². The van der Waals surface area contributed by atoms with Crippen LogP contribution in [0.4, 0.5) is 5.69 Å². The van der Waals surface area contributed by atoms with Gasteiger partial charge in [-0.15, -0.1) is 0 Å². The van der Waals surface area contributed by atoms with Crippen molar-refractivity contribution in [3.63, 3.8) is 0 Å². The maximum Gasteiger partial charge on any atom is 0.340 e. The second-order valence-corrected chi connectivity index (χ2v) is 6.39. The van der Waals surface area contributed by atoms with Crippen LogP contribution in [0.2, 0.25) is 0 Å². The Labute approximate surface area is 151 Å². The van der Waals surface area contributed by atoms with Gasteiger partial charge in [-0.3, -0.25) is 4.79 Å². The van der Waals surface area contributed by atoms with E-state index >= 15 is 0 Å². The molecule has 7 heteroatoms. The predicted octanol–water partition coefficient (Wildman–Crippen LogP) is 3.22. The fourth-order valence-electron chi connectivity index (χ4n) is 2.87. The topological polar surface area (TPSA) is 89.7 Å². The van der Waals surface area contributed by atoms with E-state index in [0.717, 1.165) is 0 Å². The summed E-state index contributed by atoms with van der Waals surface area (Å²) in [5.74, 6) is 0.463. The highest BCUT2D eigenvalue weighted by atomic mass is 16.6. The van der Waals surface area contributed by atoms with Crippen LogP contribution in [0.25, 0.3) is 0 Å². The Morgan fingerprint density at radius 3 is 2.54 bits per heavy atom. The molecule has 3 rings (SSSR count). The first kappa shape index (κ1) is 17.8. The van der Waals surface area contributed by atoms with E-state index in [0.29, 0.717) is 52.9 Å². The maximum atomic E-state index is 12.6. The van der Waals surface area contributed by atoms with Crippen LogP contribution < -0.4 is 14.8 Å². The molecule has 1 amide bonds. The fourth-order valence-corrected chi connectivity index (χ4v) is 2.87. The lowest BCUT2D eigenvalue weighted by Crippen LogP contribution is -2.17. The molecule has 138 valence electrons. The SMILES string of the molecule is Cc1[nH]c(C(=O)Nc2ccc3c(c2)OCCO3)c(C)c1C(=O)OC(C)C. The third kappa shape index (κ3) is 3.51. The number of carbonyl (C=O) groups is 2. The zero-order chi connectivity index (χ0) is 18.8. The van der Waals surface area contributed by atoms with Gasteiger partial charge in [0.25, 0.3) is 5.91 Å². The van der Waals surface area contributed by atoms with Crippen molar-refractivity contribution in [2.45, 2.75) is 33.8 Å². The quantitative estimate of drug-likeness (QED) is 0.819. The molecule has 0 spiro atoms. The standard InChI is InChI=1S/C19H22N2O5/c1-10(2)26-19(23)16-11(3)17(20-12(16)4)18(22)21-13-5-6-14-15(9-13)25-8-7-24-14/h5-6,9-10,20H,7-8H2,1-4H3,(H,21,22). The number of rotatable bonds is 4. The first-order valence-corrected chi connectivity index (χ1v) is 8.48. The summed E-state index contributed by atoms with van der Waals surface area (Å²) in [4.78, 5) is 27.9. The van der Waals surface area contributed by atoms with E-state index in [1.807, 2.05) is 0 Å². The Morgan fingerprint density at radius 2 is 1.85 bits per heavy atom. The van der Waals surface area contributed by atoms with Crippen LogP contribution in [-0.2, 0) is 4.74 Å². The molecule has 26 heavy (non-hydrogen) atoms. The van der Waals surface area contributed by atoms with Gasteiger partial charge in [-0.25, -0.2) is 4.79 Å². The van der Waals surface area contributed by atoms with Crippen molar-refractivity contribution < 1.29 is 23.8 Å². The molecule has 1 aliphatic heterocycles. The Bertz CT molecular complexity index is 854. The zero-order valence-corrected chi connectivity index (χ0v) is 15.3. The number of aromatic nitrogens is 1. The van der Waals surface area contributed by atoms with Crippen LogP contribution in [0, 0.1) is 13.8 Å². The van der Waals surface area contributed by atoms with Gasteiger partial charge in [-0.05, 0) is 45.4 Å². The van der Waals surface area contributed by atoms with Gasteiger partial charge < -0.3 is 24.5 Å². The summed E-state index contributed by atoms with van der Waals surface area (Å²) in [6.07, 6.45) is -0.230. The Hall–Kier alpha value is -2.96. The molecule has 1 aliphatic rings. The van der Waals surface area contributed by atoms with E-state index in [2.05, 4.69) is 10.3 Å². The zero-order valence-electron chi connectivity index (χ0n) is 15.3. The van der Waals surface area contributed by atoms with E-state index in [9.17, 15) is 9.59 Å². The number of nitrogens with one attached hydrogen (secondary N) is 2. The number of H-pyrrole nitrogens is 1. The number of aryl methyl sites for hydroxylation is 1. The first-order chi connectivity index (χ1) is 12.4. The summed E-state index contributed by atoms with van der Waals surface area (Å²) < 4.78 is 16.2. The van der Waals surface area contributed by atoms with Crippen LogP contribution in [-0.4, -0.2) is 36.2 Å². The highest BCUT2D eigenvalue weighted by molar-refractivity contribution is 6.07. The van der Waals surface area contributed by atoms with Crippen LogP contribution in [0.3, 0.4) is 0 Å². The van der Waals surface area contributed by atoms with Crippen molar-refractivity contribution in [3.8, 4) is 11.5 Å². The van der Waals surface area contributed by atoms with Crippen LogP contribution in [0.5, 0.6) is 11.5 Å². The highest BCUT2D eigenvalue weighted by Gasteiger charge is 2.24. The lowest BCUT2D eigenvalue weighted by molar-refractivity contribution is 0.0376. The van der Waals surface area contributed by atoms with E-state index < -0.39 is 5.97 Å². The summed E-state index contributed by atoms with van der Waals surface area (Å²) in [6, 6.07) is 5.21. The number of ether oxygens (including phenoxy) is 3. The number of aromatic amines is 1. The van der Waals surface area contributed by atoms with E-state index in [4.69, 9.17) is 14.2 Å². The molecule has 0 saturated carbocycles. The summed E-state index contributed by atoms with van der Waals surface area (Å²) in [5.41, 5.74) is 2.46. The summed E-state index contributed by atoms with van der Waals surface area (Å²) in [7, 11) is 0. The number of benzene rings is 1. The van der Waals surface area contributed by atoms with Crippen LogP contribution in [0.15, 0.2) is 18.2 Å². The summed E-state index contributed by atoms with van der Waals surface area (Å²) >= 11 is 0. The minimum Gasteiger partial charge on any atom is -0.486 e. The molecule has 0 atom stereocenters.